The highest BCUT2D eigenvalue weighted by Gasteiger charge is 2.34. The van der Waals surface area contributed by atoms with Crippen molar-refractivity contribution in [3.63, 3.8) is 0 Å². The highest BCUT2D eigenvalue weighted by molar-refractivity contribution is 7.91. The summed E-state index contributed by atoms with van der Waals surface area (Å²) in [5.41, 5.74) is 4.56. The largest absolute Gasteiger partial charge is 0.489 e. The van der Waals surface area contributed by atoms with Gasteiger partial charge in [0.25, 0.3) is 0 Å². The minimum atomic E-state index is -3.08. The van der Waals surface area contributed by atoms with E-state index in [1.165, 1.54) is 0 Å². The third kappa shape index (κ3) is 4.41. The second-order valence-electron chi connectivity index (χ2n) is 9.36. The van der Waals surface area contributed by atoms with Crippen molar-refractivity contribution in [1.29, 1.82) is 0 Å². The number of esters is 1. The van der Waals surface area contributed by atoms with Crippen LogP contribution in [0, 0.1) is 20.8 Å². The van der Waals surface area contributed by atoms with Crippen LogP contribution in [0.25, 0.3) is 11.0 Å². The number of nitrogens with zero attached hydrogens (tertiary/aromatic N) is 3. The first-order chi connectivity index (χ1) is 16.2. The number of sulfone groups is 1. The molecule has 2 aromatic heterocycles. The van der Waals surface area contributed by atoms with Crippen molar-refractivity contribution in [2.75, 3.05) is 24.7 Å². The van der Waals surface area contributed by atoms with Crippen molar-refractivity contribution in [3.05, 3.63) is 52.3 Å². The van der Waals surface area contributed by atoms with Crippen LogP contribution in [0.2, 0.25) is 0 Å². The Kier molecular flexibility index (Phi) is 5.83. The van der Waals surface area contributed by atoms with E-state index in [0.717, 1.165) is 35.4 Å². The Hall–Kier alpha value is -2.94. The normalized spacial score (nSPS) is 19.4. The maximum Gasteiger partial charge on any atom is 0.339 e. The number of hydrogen-bond acceptors (Lipinski definition) is 7. The molecule has 0 N–H and O–H groups in total. The lowest BCUT2D eigenvalue weighted by atomic mass is 10.1. The number of pyridine rings is 1. The SMILES string of the molecule is Cc1cccc(C)c1OCCOC(=O)c1cc(C2CC2)nc2c1c(C)nn2C1CCS(=O)(=O)C1. The van der Waals surface area contributed by atoms with E-state index >= 15 is 0 Å². The lowest BCUT2D eigenvalue weighted by Gasteiger charge is -2.13. The number of aryl methyl sites for hydroxylation is 3. The molecule has 1 saturated heterocycles. The Morgan fingerprint density at radius 3 is 2.50 bits per heavy atom. The number of fused-ring (bicyclic) bond motifs is 1. The van der Waals surface area contributed by atoms with Gasteiger partial charge in [0.2, 0.25) is 0 Å². The van der Waals surface area contributed by atoms with Gasteiger partial charge in [-0.05, 0) is 57.2 Å². The molecule has 9 heteroatoms. The Bertz CT molecular complexity index is 1350. The molecule has 1 aliphatic heterocycles. The zero-order chi connectivity index (χ0) is 24.0. The van der Waals surface area contributed by atoms with Crippen LogP contribution < -0.4 is 4.74 Å². The molecule has 2 aliphatic rings. The Balaban J connectivity index is 1.39. The highest BCUT2D eigenvalue weighted by Crippen LogP contribution is 2.41. The third-order valence-corrected chi connectivity index (χ3v) is 8.35. The summed E-state index contributed by atoms with van der Waals surface area (Å²) >= 11 is 0. The van der Waals surface area contributed by atoms with Gasteiger partial charge < -0.3 is 9.47 Å². The zero-order valence-corrected chi connectivity index (χ0v) is 20.5. The number of hydrogen-bond donors (Lipinski definition) is 0. The number of carbonyl (C=O) groups excluding carboxylic acids is 1. The van der Waals surface area contributed by atoms with Gasteiger partial charge >= 0.3 is 5.97 Å². The molecule has 1 aliphatic carbocycles. The van der Waals surface area contributed by atoms with Gasteiger partial charge in [0.1, 0.15) is 19.0 Å². The van der Waals surface area contributed by atoms with Crippen LogP contribution in [-0.2, 0) is 14.6 Å². The van der Waals surface area contributed by atoms with Gasteiger partial charge in [0, 0.05) is 11.6 Å². The predicted octanol–water partition coefficient (Wildman–Crippen LogP) is 3.83. The molecule has 3 aromatic rings. The topological polar surface area (TPSA) is 100 Å². The van der Waals surface area contributed by atoms with E-state index in [2.05, 4.69) is 5.10 Å². The lowest BCUT2D eigenvalue weighted by molar-refractivity contribution is 0.0452. The average Bonchev–Trinajstić information content (AvgIpc) is 3.51. The smallest absolute Gasteiger partial charge is 0.339 e. The highest BCUT2D eigenvalue weighted by atomic mass is 32.2. The van der Waals surface area contributed by atoms with Crippen LogP contribution in [0.4, 0.5) is 0 Å². The summed E-state index contributed by atoms with van der Waals surface area (Å²) in [5.74, 6) is 0.883. The third-order valence-electron chi connectivity index (χ3n) is 6.60. The molecule has 2 fully saturated rings. The minimum Gasteiger partial charge on any atom is -0.489 e. The standard InChI is InChI=1S/C25H29N3O5S/c1-15-5-4-6-16(2)23(15)32-10-11-33-25(29)20-13-21(18-7-8-18)26-24-22(20)17(3)27-28(24)19-9-12-34(30,31)14-19/h4-6,13,18-19H,7-12,14H2,1-3H3. The van der Waals surface area contributed by atoms with Gasteiger partial charge in [-0.1, -0.05) is 18.2 Å². The quantitative estimate of drug-likeness (QED) is 0.372. The number of benzene rings is 1. The molecule has 0 radical (unpaired) electrons. The van der Waals surface area contributed by atoms with Crippen molar-refractivity contribution < 1.29 is 22.7 Å². The summed E-state index contributed by atoms with van der Waals surface area (Å²) in [5, 5.41) is 5.25. The summed E-state index contributed by atoms with van der Waals surface area (Å²) in [7, 11) is -3.08. The van der Waals surface area contributed by atoms with Gasteiger partial charge in [0.15, 0.2) is 15.5 Å². The van der Waals surface area contributed by atoms with Gasteiger partial charge in [0.05, 0.1) is 34.2 Å². The van der Waals surface area contributed by atoms with E-state index in [4.69, 9.17) is 14.5 Å². The number of carbonyl (C=O) groups is 1. The van der Waals surface area contributed by atoms with E-state index in [9.17, 15) is 13.2 Å². The Labute approximate surface area is 199 Å². The molecule has 34 heavy (non-hydrogen) atoms. The van der Waals surface area contributed by atoms with Crippen LogP contribution in [0.1, 0.15) is 64.1 Å². The molecule has 8 nitrogen and oxygen atoms in total. The first-order valence-electron chi connectivity index (χ1n) is 11.7. The molecular weight excluding hydrogens is 454 g/mol. The van der Waals surface area contributed by atoms with Gasteiger partial charge in [-0.2, -0.15) is 5.10 Å². The number of aromatic nitrogens is 3. The van der Waals surface area contributed by atoms with Gasteiger partial charge in [-0.25, -0.2) is 22.9 Å². The molecule has 3 heterocycles. The lowest BCUT2D eigenvalue weighted by Crippen LogP contribution is -2.15. The fraction of sp³-hybridized carbons (Fsp3) is 0.480. The van der Waals surface area contributed by atoms with E-state index in [-0.39, 0.29) is 30.8 Å². The molecular formula is C25H29N3O5S. The molecule has 180 valence electrons. The van der Waals surface area contributed by atoms with Gasteiger partial charge in [-0.15, -0.1) is 0 Å². The molecule has 1 aromatic carbocycles. The molecule has 5 rings (SSSR count). The second-order valence-corrected chi connectivity index (χ2v) is 11.6. The van der Waals surface area contributed by atoms with Gasteiger partial charge in [-0.3, -0.25) is 0 Å². The first-order valence-corrected chi connectivity index (χ1v) is 13.5. The van der Waals surface area contributed by atoms with E-state index < -0.39 is 15.8 Å². The van der Waals surface area contributed by atoms with E-state index in [1.54, 1.807) is 4.68 Å². The number of rotatable bonds is 7. The minimum absolute atomic E-state index is 0.0496. The summed E-state index contributed by atoms with van der Waals surface area (Å²) in [6.45, 7) is 6.15. The van der Waals surface area contributed by atoms with Crippen molar-refractivity contribution in [3.8, 4) is 5.75 Å². The second kappa shape index (κ2) is 8.69. The first kappa shape index (κ1) is 22.8. The van der Waals surface area contributed by atoms with E-state index in [1.807, 2.05) is 45.0 Å². The van der Waals surface area contributed by atoms with Crippen LogP contribution in [-0.4, -0.2) is 53.9 Å². The van der Waals surface area contributed by atoms with Crippen molar-refractivity contribution in [1.82, 2.24) is 14.8 Å². The molecule has 0 spiro atoms. The zero-order valence-electron chi connectivity index (χ0n) is 19.7. The summed E-state index contributed by atoms with van der Waals surface area (Å²) in [6.07, 6.45) is 2.56. The van der Waals surface area contributed by atoms with Crippen LogP contribution in [0.15, 0.2) is 24.3 Å². The van der Waals surface area contributed by atoms with Crippen LogP contribution >= 0.6 is 0 Å². The summed E-state index contributed by atoms with van der Waals surface area (Å²) in [4.78, 5) is 18.0. The fourth-order valence-corrected chi connectivity index (χ4v) is 6.38. The summed E-state index contributed by atoms with van der Waals surface area (Å²) < 4.78 is 37.3. The predicted molar refractivity (Wildman–Crippen MR) is 128 cm³/mol. The van der Waals surface area contributed by atoms with Crippen molar-refractivity contribution in [2.24, 2.45) is 0 Å². The average molecular weight is 484 g/mol. The van der Waals surface area contributed by atoms with E-state index in [0.29, 0.717) is 34.6 Å². The maximum atomic E-state index is 13.1. The molecule has 0 bridgehead atoms. The van der Waals surface area contributed by atoms with Crippen molar-refractivity contribution in [2.45, 2.75) is 52.0 Å². The van der Waals surface area contributed by atoms with Crippen LogP contribution in [0.5, 0.6) is 5.75 Å². The number of para-hydroxylation sites is 1. The van der Waals surface area contributed by atoms with Crippen LogP contribution in [0.3, 0.4) is 0 Å². The monoisotopic (exact) mass is 483 g/mol. The molecule has 0 amide bonds. The van der Waals surface area contributed by atoms with Crippen molar-refractivity contribution >= 4 is 26.8 Å². The summed E-state index contributed by atoms with van der Waals surface area (Å²) in [6, 6.07) is 7.50. The Morgan fingerprint density at radius 1 is 1.12 bits per heavy atom. The fourth-order valence-electron chi connectivity index (χ4n) is 4.69. The molecule has 1 unspecified atom stereocenters. The molecule has 1 atom stereocenters. The Morgan fingerprint density at radius 2 is 1.85 bits per heavy atom. The molecule has 1 saturated carbocycles. The number of ether oxygens (including phenoxy) is 2. The maximum absolute atomic E-state index is 13.1.